The summed E-state index contributed by atoms with van der Waals surface area (Å²) in [4.78, 5) is 38.8. The third kappa shape index (κ3) is 10.3. The summed E-state index contributed by atoms with van der Waals surface area (Å²) in [5.74, 6) is -4.32. The van der Waals surface area contributed by atoms with E-state index in [1.807, 2.05) is 24.1 Å². The molecule has 1 atom stereocenters. The first-order chi connectivity index (χ1) is 19.5. The Kier molecular flexibility index (Phi) is 11.9. The lowest BCUT2D eigenvalue weighted by atomic mass is 9.82. The van der Waals surface area contributed by atoms with Crippen LogP contribution in [0.1, 0.15) is 41.4 Å². The number of halogens is 6. The Bertz CT molecular complexity index is 1150. The second kappa shape index (κ2) is 14.4. The van der Waals surface area contributed by atoms with Crippen LogP contribution in [0.25, 0.3) is 0 Å². The van der Waals surface area contributed by atoms with Gasteiger partial charge in [-0.15, -0.1) is 0 Å². The molecule has 17 heteroatoms. The second-order valence-corrected chi connectivity index (χ2v) is 9.74. The Labute approximate surface area is 236 Å². The van der Waals surface area contributed by atoms with E-state index in [1.54, 1.807) is 6.20 Å². The summed E-state index contributed by atoms with van der Waals surface area (Å²) < 4.78 is 74.9. The van der Waals surface area contributed by atoms with Gasteiger partial charge in [-0.2, -0.15) is 26.3 Å². The predicted octanol–water partition coefficient (Wildman–Crippen LogP) is 3.65. The zero-order valence-electron chi connectivity index (χ0n) is 22.6. The largest absolute Gasteiger partial charge is 0.490 e. The molecular weight excluding hydrogens is 582 g/mol. The highest BCUT2D eigenvalue weighted by Crippen LogP contribution is 2.37. The van der Waals surface area contributed by atoms with Gasteiger partial charge >= 0.3 is 24.3 Å². The Morgan fingerprint density at radius 2 is 1.69 bits per heavy atom. The minimum atomic E-state index is -5.08. The molecule has 2 aromatic heterocycles. The Hall–Kier alpha value is -3.73. The van der Waals surface area contributed by atoms with E-state index in [0.717, 1.165) is 32.5 Å². The molecule has 0 saturated carbocycles. The van der Waals surface area contributed by atoms with E-state index in [4.69, 9.17) is 29.1 Å². The van der Waals surface area contributed by atoms with Gasteiger partial charge in [0.15, 0.2) is 0 Å². The highest BCUT2D eigenvalue weighted by molar-refractivity contribution is 5.95. The van der Waals surface area contributed by atoms with Crippen molar-refractivity contribution in [1.29, 1.82) is 0 Å². The molecule has 2 saturated heterocycles. The zero-order chi connectivity index (χ0) is 31.7. The van der Waals surface area contributed by atoms with Crippen molar-refractivity contribution in [2.75, 3.05) is 33.3 Å². The van der Waals surface area contributed by atoms with E-state index in [9.17, 15) is 31.1 Å². The highest BCUT2D eigenvalue weighted by Gasteiger charge is 2.49. The summed E-state index contributed by atoms with van der Waals surface area (Å²) in [5.41, 5.74) is 1.66. The van der Waals surface area contributed by atoms with Crippen molar-refractivity contribution in [3.8, 4) is 0 Å². The molecule has 4 heterocycles. The number of likely N-dealkylation sites (tertiary alicyclic amines) is 1. The number of carbonyl (C=O) groups is 3. The maximum atomic E-state index is 12.6. The van der Waals surface area contributed by atoms with Crippen molar-refractivity contribution in [3.05, 3.63) is 47.6 Å². The molecule has 0 bridgehead atoms. The molecule has 42 heavy (non-hydrogen) atoms. The summed E-state index contributed by atoms with van der Waals surface area (Å²) in [6, 6.07) is 4.08. The van der Waals surface area contributed by atoms with Crippen molar-refractivity contribution in [2.45, 2.75) is 50.7 Å². The number of carbonyl (C=O) groups excluding carboxylic acids is 1. The number of aliphatic carboxylic acids is 2. The van der Waals surface area contributed by atoms with Crippen LogP contribution in [0.15, 0.2) is 35.2 Å². The topological polar surface area (TPSA) is 146 Å². The fourth-order valence-corrected chi connectivity index (χ4v) is 4.28. The normalized spacial score (nSPS) is 17.8. The molecule has 0 radical (unpaired) electrons. The van der Waals surface area contributed by atoms with Crippen LogP contribution < -0.4 is 0 Å². The molecule has 234 valence electrons. The maximum absolute atomic E-state index is 12.6. The summed E-state index contributed by atoms with van der Waals surface area (Å²) in [5, 5.41) is 18.0. The number of carboxylic acids is 2. The van der Waals surface area contributed by atoms with Gasteiger partial charge in [0.25, 0.3) is 5.91 Å². The molecule has 2 aliphatic heterocycles. The van der Waals surface area contributed by atoms with Crippen LogP contribution in [0.3, 0.4) is 0 Å². The van der Waals surface area contributed by atoms with E-state index in [0.29, 0.717) is 36.8 Å². The van der Waals surface area contributed by atoms with Crippen molar-refractivity contribution < 1.29 is 60.2 Å². The first-order valence-electron chi connectivity index (χ1n) is 12.5. The number of hydrogen-bond acceptors (Lipinski definition) is 8. The van der Waals surface area contributed by atoms with Gasteiger partial charge in [0.1, 0.15) is 16.9 Å². The number of aromatic nitrogens is 2. The van der Waals surface area contributed by atoms with Crippen molar-refractivity contribution in [1.82, 2.24) is 19.9 Å². The molecule has 11 nitrogen and oxygen atoms in total. The number of rotatable bonds is 6. The standard InChI is InChI=1S/C21H28N4O3.2C2HF3O2/c1-3-19-18(10-23-28-19)20(26)25-14-21(15-25)7-6-17(13-27-21)12-24(2)11-16-5-4-8-22-9-16;2*3-2(4,5)1(6)7/h4-5,8-10,17H,3,6-7,11-15H2,1-2H3;2*(H,6,7). The summed E-state index contributed by atoms with van der Waals surface area (Å²) >= 11 is 0. The molecule has 2 aliphatic rings. The van der Waals surface area contributed by atoms with Crippen LogP contribution >= 0.6 is 0 Å². The second-order valence-electron chi connectivity index (χ2n) is 9.74. The van der Waals surface area contributed by atoms with Crippen LogP contribution in [0.2, 0.25) is 0 Å². The summed E-state index contributed by atoms with van der Waals surface area (Å²) in [6.07, 6.45) is -2.11. The number of amides is 1. The molecule has 1 spiro atoms. The fraction of sp³-hybridized carbons (Fsp3) is 0.560. The van der Waals surface area contributed by atoms with Crippen molar-refractivity contribution >= 4 is 17.8 Å². The predicted molar refractivity (Wildman–Crippen MR) is 131 cm³/mol. The lowest BCUT2D eigenvalue weighted by molar-refractivity contribution is -0.193. The van der Waals surface area contributed by atoms with Gasteiger partial charge in [-0.3, -0.25) is 9.78 Å². The molecule has 1 amide bonds. The number of aryl methyl sites for hydroxylation is 1. The molecule has 2 fully saturated rings. The van der Waals surface area contributed by atoms with Gasteiger partial charge < -0.3 is 29.3 Å². The molecule has 2 aromatic rings. The van der Waals surface area contributed by atoms with Gasteiger partial charge in [0, 0.05) is 31.9 Å². The van der Waals surface area contributed by atoms with Crippen molar-refractivity contribution in [2.24, 2.45) is 5.92 Å². The van der Waals surface area contributed by atoms with Gasteiger partial charge in [-0.1, -0.05) is 18.1 Å². The average Bonchev–Trinajstić information content (AvgIpc) is 3.37. The quantitative estimate of drug-likeness (QED) is 0.464. The number of pyridine rings is 1. The maximum Gasteiger partial charge on any atom is 0.490 e. The minimum Gasteiger partial charge on any atom is -0.475 e. The smallest absolute Gasteiger partial charge is 0.475 e. The number of hydrogen-bond donors (Lipinski definition) is 2. The van der Waals surface area contributed by atoms with Crippen LogP contribution in [0.4, 0.5) is 26.3 Å². The number of carboxylic acid groups (broad SMARTS) is 2. The average molecular weight is 613 g/mol. The van der Waals surface area contributed by atoms with Crippen LogP contribution in [-0.2, 0) is 27.3 Å². The highest BCUT2D eigenvalue weighted by atomic mass is 19.4. The molecule has 0 aromatic carbocycles. The summed E-state index contributed by atoms with van der Waals surface area (Å²) in [6.45, 7) is 5.96. The van der Waals surface area contributed by atoms with E-state index in [1.165, 1.54) is 11.8 Å². The van der Waals surface area contributed by atoms with Gasteiger partial charge in [-0.25, -0.2) is 9.59 Å². The third-order valence-corrected chi connectivity index (χ3v) is 6.31. The van der Waals surface area contributed by atoms with Gasteiger partial charge in [0.2, 0.25) is 0 Å². The van der Waals surface area contributed by atoms with Gasteiger partial charge in [-0.05, 0) is 37.4 Å². The van der Waals surface area contributed by atoms with Crippen LogP contribution in [0, 0.1) is 5.92 Å². The Morgan fingerprint density at radius 1 is 1.10 bits per heavy atom. The Morgan fingerprint density at radius 3 is 2.14 bits per heavy atom. The molecule has 0 aliphatic carbocycles. The van der Waals surface area contributed by atoms with E-state index < -0.39 is 24.3 Å². The third-order valence-electron chi connectivity index (χ3n) is 6.31. The van der Waals surface area contributed by atoms with Crippen LogP contribution in [-0.4, -0.2) is 99.2 Å². The first kappa shape index (κ1) is 34.5. The van der Waals surface area contributed by atoms with E-state index >= 15 is 0 Å². The van der Waals surface area contributed by atoms with E-state index in [2.05, 4.69) is 28.2 Å². The Balaban J connectivity index is 0.000000367. The first-order valence-corrected chi connectivity index (χ1v) is 12.5. The zero-order valence-corrected chi connectivity index (χ0v) is 22.6. The minimum absolute atomic E-state index is 0.00523. The lowest BCUT2D eigenvalue weighted by Crippen LogP contribution is -2.66. The van der Waals surface area contributed by atoms with Gasteiger partial charge in [0.05, 0.1) is 25.9 Å². The van der Waals surface area contributed by atoms with E-state index in [-0.39, 0.29) is 11.5 Å². The summed E-state index contributed by atoms with van der Waals surface area (Å²) in [7, 11) is 2.14. The molecule has 2 N–H and O–H groups in total. The fourth-order valence-electron chi connectivity index (χ4n) is 4.28. The number of alkyl halides is 6. The molecule has 4 rings (SSSR count). The van der Waals surface area contributed by atoms with Crippen molar-refractivity contribution in [3.63, 3.8) is 0 Å². The molecule has 1 unspecified atom stereocenters. The van der Waals surface area contributed by atoms with Crippen LogP contribution in [0.5, 0.6) is 0 Å². The SMILES string of the molecule is CCc1oncc1C(=O)N1CC2(CCC(CN(C)Cc3cccnc3)CO2)C1.O=C(O)C(F)(F)F.O=C(O)C(F)(F)F. The lowest BCUT2D eigenvalue weighted by Gasteiger charge is -2.52. The number of nitrogens with zero attached hydrogens (tertiary/aromatic N) is 4. The monoisotopic (exact) mass is 612 g/mol. The molecular formula is C25H30F6N4O7. The number of ether oxygens (including phenoxy) is 1.